The van der Waals surface area contributed by atoms with Gasteiger partial charge in [-0.1, -0.05) is 54.8 Å². The topological polar surface area (TPSA) is 64.6 Å². The van der Waals surface area contributed by atoms with Crippen molar-refractivity contribution in [1.29, 1.82) is 0 Å². The maximum Gasteiger partial charge on any atom is 0.333 e. The molecule has 1 aliphatic rings. The quantitative estimate of drug-likeness (QED) is 0.661. The molecule has 0 bridgehead atoms. The summed E-state index contributed by atoms with van der Waals surface area (Å²) in [6.07, 6.45) is 4.54. The summed E-state index contributed by atoms with van der Waals surface area (Å²) in [5.74, 6) is -1.55. The lowest BCUT2D eigenvalue weighted by molar-refractivity contribution is -0.143. The van der Waals surface area contributed by atoms with Gasteiger partial charge in [-0.3, -0.25) is 4.79 Å². The van der Waals surface area contributed by atoms with Crippen molar-refractivity contribution in [2.45, 2.75) is 31.7 Å². The molecule has 1 saturated carbocycles. The molecule has 1 aliphatic carbocycles. The van der Waals surface area contributed by atoms with E-state index in [0.717, 1.165) is 18.9 Å². The predicted octanol–water partition coefficient (Wildman–Crippen LogP) is 4.69. The number of hydrogen-bond donors (Lipinski definition) is 1. The minimum atomic E-state index is -1.06. The molecule has 2 aromatic rings. The fourth-order valence-corrected chi connectivity index (χ4v) is 3.67. The zero-order valence-electron chi connectivity index (χ0n) is 16.1. The van der Waals surface area contributed by atoms with E-state index in [1.54, 1.807) is 30.3 Å². The summed E-state index contributed by atoms with van der Waals surface area (Å²) in [5.41, 5.74) is 0.253. The zero-order valence-corrected chi connectivity index (χ0v) is 16.9. The first kappa shape index (κ1) is 21.1. The lowest BCUT2D eigenvalue weighted by Gasteiger charge is -2.18. The molecule has 1 N–H and O–H groups in total. The van der Waals surface area contributed by atoms with E-state index in [1.807, 2.05) is 0 Å². The molecular weight excluding hydrogens is 397 g/mol. The summed E-state index contributed by atoms with van der Waals surface area (Å²) in [4.78, 5) is 24.8. The van der Waals surface area contributed by atoms with Crippen LogP contribution < -0.4 is 10.1 Å². The Morgan fingerprint density at radius 1 is 1.21 bits per heavy atom. The van der Waals surface area contributed by atoms with Crippen molar-refractivity contribution < 1.29 is 23.5 Å². The van der Waals surface area contributed by atoms with Gasteiger partial charge in [-0.25, -0.2) is 9.18 Å². The van der Waals surface area contributed by atoms with Crippen LogP contribution in [0.15, 0.2) is 42.5 Å². The van der Waals surface area contributed by atoms with Crippen molar-refractivity contribution in [1.82, 2.24) is 5.32 Å². The molecular formula is C22H23ClFNO4. The molecule has 1 amide bonds. The van der Waals surface area contributed by atoms with Crippen molar-refractivity contribution in [3.8, 4) is 5.75 Å². The number of halogens is 2. The average Bonchev–Trinajstić information content (AvgIpc) is 3.26. The van der Waals surface area contributed by atoms with Gasteiger partial charge < -0.3 is 14.8 Å². The van der Waals surface area contributed by atoms with Gasteiger partial charge in [-0.15, -0.1) is 0 Å². The SMILES string of the molecule is COC(=O)[C@H](NC(=O)c1cc(Cl)c(OCC2CCCC2)cc1F)c1ccccc1. The number of carbonyl (C=O) groups is 2. The van der Waals surface area contributed by atoms with Crippen LogP contribution in [0.25, 0.3) is 0 Å². The lowest BCUT2D eigenvalue weighted by Crippen LogP contribution is -2.35. The molecule has 0 heterocycles. The molecule has 7 heteroatoms. The first-order valence-electron chi connectivity index (χ1n) is 9.55. The normalized spacial score (nSPS) is 15.0. The second-order valence-electron chi connectivity index (χ2n) is 7.06. The molecule has 0 unspecified atom stereocenters. The highest BCUT2D eigenvalue weighted by Crippen LogP contribution is 2.31. The van der Waals surface area contributed by atoms with Crippen molar-refractivity contribution >= 4 is 23.5 Å². The summed E-state index contributed by atoms with van der Waals surface area (Å²) in [6.45, 7) is 0.475. The number of hydrogen-bond acceptors (Lipinski definition) is 4. The molecule has 3 rings (SSSR count). The number of rotatable bonds is 7. The fourth-order valence-electron chi connectivity index (χ4n) is 3.45. The van der Waals surface area contributed by atoms with E-state index < -0.39 is 23.7 Å². The van der Waals surface area contributed by atoms with Crippen LogP contribution in [0.3, 0.4) is 0 Å². The Labute approximate surface area is 174 Å². The number of benzene rings is 2. The third kappa shape index (κ3) is 5.26. The van der Waals surface area contributed by atoms with E-state index in [9.17, 15) is 14.0 Å². The Hall–Kier alpha value is -2.60. The number of esters is 1. The van der Waals surface area contributed by atoms with Crippen molar-refractivity contribution in [3.63, 3.8) is 0 Å². The van der Waals surface area contributed by atoms with E-state index in [1.165, 1.54) is 26.0 Å². The molecule has 0 saturated heterocycles. The maximum absolute atomic E-state index is 14.6. The molecule has 5 nitrogen and oxygen atoms in total. The number of amides is 1. The highest BCUT2D eigenvalue weighted by atomic mass is 35.5. The molecule has 0 spiro atoms. The van der Waals surface area contributed by atoms with Crippen LogP contribution in [-0.4, -0.2) is 25.6 Å². The number of ether oxygens (including phenoxy) is 2. The number of nitrogens with one attached hydrogen (secondary N) is 1. The largest absolute Gasteiger partial charge is 0.492 e. The second kappa shape index (κ2) is 9.74. The van der Waals surface area contributed by atoms with Crippen LogP contribution in [0.5, 0.6) is 5.75 Å². The Balaban J connectivity index is 1.75. The van der Waals surface area contributed by atoms with E-state index in [-0.39, 0.29) is 16.3 Å². The first-order valence-corrected chi connectivity index (χ1v) is 9.93. The Morgan fingerprint density at radius 3 is 2.55 bits per heavy atom. The van der Waals surface area contributed by atoms with Crippen LogP contribution in [0, 0.1) is 11.7 Å². The summed E-state index contributed by atoms with van der Waals surface area (Å²) in [7, 11) is 1.22. The van der Waals surface area contributed by atoms with Crippen LogP contribution in [0.2, 0.25) is 5.02 Å². The molecule has 2 aromatic carbocycles. The highest BCUT2D eigenvalue weighted by Gasteiger charge is 2.26. The maximum atomic E-state index is 14.6. The second-order valence-corrected chi connectivity index (χ2v) is 7.47. The highest BCUT2D eigenvalue weighted by molar-refractivity contribution is 6.32. The van der Waals surface area contributed by atoms with Crippen molar-refractivity contribution in [2.75, 3.05) is 13.7 Å². The minimum absolute atomic E-state index is 0.142. The molecule has 29 heavy (non-hydrogen) atoms. The Bertz CT molecular complexity index is 869. The first-order chi connectivity index (χ1) is 14.0. The van der Waals surface area contributed by atoms with Crippen molar-refractivity contribution in [3.05, 3.63) is 64.4 Å². The summed E-state index contributed by atoms with van der Waals surface area (Å²) in [5, 5.41) is 2.65. The summed E-state index contributed by atoms with van der Waals surface area (Å²) >= 11 is 6.21. The fraction of sp³-hybridized carbons (Fsp3) is 0.364. The van der Waals surface area contributed by atoms with Gasteiger partial charge in [0.2, 0.25) is 0 Å². The van der Waals surface area contributed by atoms with Gasteiger partial charge in [-0.2, -0.15) is 0 Å². The third-order valence-electron chi connectivity index (χ3n) is 5.06. The van der Waals surface area contributed by atoms with Gasteiger partial charge in [0.15, 0.2) is 6.04 Å². The average molecular weight is 420 g/mol. The van der Waals surface area contributed by atoms with E-state index >= 15 is 0 Å². The zero-order chi connectivity index (χ0) is 20.8. The van der Waals surface area contributed by atoms with Gasteiger partial charge in [0.05, 0.1) is 24.3 Å². The summed E-state index contributed by atoms with van der Waals surface area (Å²) in [6, 6.07) is 9.85. The summed E-state index contributed by atoms with van der Waals surface area (Å²) < 4.78 is 25.0. The molecule has 0 radical (unpaired) electrons. The van der Waals surface area contributed by atoms with Gasteiger partial charge in [0.25, 0.3) is 5.91 Å². The smallest absolute Gasteiger partial charge is 0.333 e. The molecule has 1 atom stereocenters. The molecule has 0 aliphatic heterocycles. The standard InChI is InChI=1S/C22H23ClFNO4/c1-28-22(27)20(15-9-3-2-4-10-15)25-21(26)16-11-17(23)19(12-18(16)24)29-13-14-7-5-6-8-14/h2-4,9-12,14,20H,5-8,13H2,1H3,(H,25,26)/t20-/m1/s1. The minimum Gasteiger partial charge on any atom is -0.492 e. The molecule has 154 valence electrons. The molecule has 1 fully saturated rings. The van der Waals surface area contributed by atoms with Gasteiger partial charge in [0, 0.05) is 6.07 Å². The lowest BCUT2D eigenvalue weighted by atomic mass is 10.1. The third-order valence-corrected chi connectivity index (χ3v) is 5.36. The van der Waals surface area contributed by atoms with Crippen LogP contribution in [0.4, 0.5) is 4.39 Å². The van der Waals surface area contributed by atoms with Gasteiger partial charge in [0.1, 0.15) is 11.6 Å². The number of methoxy groups -OCH3 is 1. The van der Waals surface area contributed by atoms with E-state index in [0.29, 0.717) is 18.1 Å². The van der Waals surface area contributed by atoms with Gasteiger partial charge >= 0.3 is 5.97 Å². The molecule has 0 aromatic heterocycles. The van der Waals surface area contributed by atoms with E-state index in [4.69, 9.17) is 21.1 Å². The van der Waals surface area contributed by atoms with Gasteiger partial charge in [-0.05, 0) is 30.4 Å². The monoisotopic (exact) mass is 419 g/mol. The van der Waals surface area contributed by atoms with Crippen LogP contribution >= 0.6 is 11.6 Å². The Morgan fingerprint density at radius 2 is 1.90 bits per heavy atom. The van der Waals surface area contributed by atoms with Crippen molar-refractivity contribution in [2.24, 2.45) is 5.92 Å². The van der Waals surface area contributed by atoms with E-state index in [2.05, 4.69) is 5.32 Å². The van der Waals surface area contributed by atoms with Crippen LogP contribution in [0.1, 0.15) is 47.6 Å². The Kier molecular flexibility index (Phi) is 7.09. The number of carbonyl (C=O) groups excluding carboxylic acids is 2. The predicted molar refractivity (Wildman–Crippen MR) is 108 cm³/mol. The van der Waals surface area contributed by atoms with Crippen LogP contribution in [-0.2, 0) is 9.53 Å².